The minimum absolute atomic E-state index is 0.0300. The Bertz CT molecular complexity index is 1990. The number of β-amino-alcohol motifs (C(OH)–C–C–N with tert-alkyl or cyclic N) is 1. The summed E-state index contributed by atoms with van der Waals surface area (Å²) < 4.78 is 0. The summed E-state index contributed by atoms with van der Waals surface area (Å²) in [4.78, 5) is 145. The Hall–Kier alpha value is -5.53. The second-order valence-corrected chi connectivity index (χ2v) is 19.5. The van der Waals surface area contributed by atoms with Crippen LogP contribution in [0.2, 0.25) is 0 Å². The summed E-state index contributed by atoms with van der Waals surface area (Å²) in [5.74, 6) is -7.20. The highest BCUT2D eigenvalue weighted by Crippen LogP contribution is 2.25. The number of aliphatic hydroxyl groups excluding tert-OH is 1. The zero-order valence-corrected chi connectivity index (χ0v) is 41.5. The van der Waals surface area contributed by atoms with Crippen LogP contribution >= 0.6 is 0 Å². The Labute approximate surface area is 411 Å². The maximum Gasteiger partial charge on any atom is 0.224 e. The lowest BCUT2D eigenvalue weighted by Gasteiger charge is -2.25. The lowest BCUT2D eigenvalue weighted by Crippen LogP contribution is -2.45. The number of nitrogens with one attached hydrogen (secondary N) is 4. The minimum atomic E-state index is -1.21. The quantitative estimate of drug-likeness (QED) is 0.0482. The van der Waals surface area contributed by atoms with Gasteiger partial charge in [-0.1, -0.05) is 50.6 Å². The van der Waals surface area contributed by atoms with Gasteiger partial charge in [0, 0.05) is 82.2 Å². The number of rotatable bonds is 34. The molecule has 388 valence electrons. The van der Waals surface area contributed by atoms with E-state index < -0.39 is 95.5 Å². The predicted molar refractivity (Wildman–Crippen MR) is 259 cm³/mol. The number of hydrogen-bond donors (Lipinski definition) is 7. The SMILES string of the molecule is CC(=O)[C@H](CCCCN)CC(=O)[C@@H]1CCCN1C(=O)CCC(=O)[C@H](C)NC(=O)[C@@H](CC(=O)CNC(=O)[C@@H](CC(=O)[C@H](CCC(N)=O)NC(=O)CCC(=O)[C@@H]1C[C@@H](O)CN1)Cc1ccccc1)CC(C)C. The summed E-state index contributed by atoms with van der Waals surface area (Å²) in [6.45, 7) is 7.35. The van der Waals surface area contributed by atoms with E-state index in [0.29, 0.717) is 37.9 Å². The van der Waals surface area contributed by atoms with Crippen LogP contribution in [0.15, 0.2) is 30.3 Å². The monoisotopic (exact) mass is 980 g/mol. The summed E-state index contributed by atoms with van der Waals surface area (Å²) in [6, 6.07) is 5.39. The van der Waals surface area contributed by atoms with Crippen molar-refractivity contribution in [3.8, 4) is 0 Å². The Kier molecular flexibility index (Phi) is 25.4. The molecular formula is C51H77N7O12. The summed E-state index contributed by atoms with van der Waals surface area (Å²) >= 11 is 0. The van der Waals surface area contributed by atoms with Gasteiger partial charge in [-0.2, -0.15) is 0 Å². The number of carbonyl (C=O) groups excluding carboxylic acids is 11. The van der Waals surface area contributed by atoms with Crippen molar-refractivity contribution in [3.63, 3.8) is 0 Å². The molecule has 0 aliphatic carbocycles. The summed E-state index contributed by atoms with van der Waals surface area (Å²) in [7, 11) is 0. The Balaban J connectivity index is 1.59. The molecule has 5 amide bonds. The van der Waals surface area contributed by atoms with E-state index in [-0.39, 0.29) is 113 Å². The fourth-order valence-corrected chi connectivity index (χ4v) is 9.08. The van der Waals surface area contributed by atoms with Gasteiger partial charge < -0.3 is 42.7 Å². The summed E-state index contributed by atoms with van der Waals surface area (Å²) in [5.41, 5.74) is 11.7. The van der Waals surface area contributed by atoms with Gasteiger partial charge in [-0.3, -0.25) is 52.7 Å². The third kappa shape index (κ3) is 20.8. The molecule has 2 saturated heterocycles. The molecule has 0 unspecified atom stereocenters. The van der Waals surface area contributed by atoms with Crippen LogP contribution < -0.4 is 32.7 Å². The van der Waals surface area contributed by atoms with Gasteiger partial charge in [0.15, 0.2) is 23.1 Å². The second kappa shape index (κ2) is 30.3. The molecule has 2 aliphatic rings. The van der Waals surface area contributed by atoms with Crippen LogP contribution in [0.4, 0.5) is 0 Å². The summed E-state index contributed by atoms with van der Waals surface area (Å²) in [5, 5.41) is 20.5. The molecule has 2 fully saturated rings. The smallest absolute Gasteiger partial charge is 0.224 e. The third-order valence-electron chi connectivity index (χ3n) is 13.1. The zero-order valence-electron chi connectivity index (χ0n) is 41.5. The highest BCUT2D eigenvalue weighted by Gasteiger charge is 2.36. The van der Waals surface area contributed by atoms with Gasteiger partial charge in [0.1, 0.15) is 11.6 Å². The number of carbonyl (C=O) groups is 11. The number of likely N-dealkylation sites (tertiary alicyclic amines) is 1. The zero-order chi connectivity index (χ0) is 51.9. The van der Waals surface area contributed by atoms with Crippen LogP contribution in [-0.4, -0.2) is 131 Å². The van der Waals surface area contributed by atoms with Gasteiger partial charge in [0.2, 0.25) is 29.5 Å². The summed E-state index contributed by atoms with van der Waals surface area (Å²) in [6.07, 6.45) is 1.30. The number of nitrogens with two attached hydrogens (primary N) is 2. The lowest BCUT2D eigenvalue weighted by molar-refractivity contribution is -0.139. The van der Waals surface area contributed by atoms with E-state index in [0.717, 1.165) is 12.8 Å². The molecule has 0 bridgehead atoms. The van der Waals surface area contributed by atoms with Gasteiger partial charge in [0.25, 0.3) is 0 Å². The van der Waals surface area contributed by atoms with Gasteiger partial charge in [-0.15, -0.1) is 0 Å². The van der Waals surface area contributed by atoms with Crippen molar-refractivity contribution >= 4 is 64.2 Å². The second-order valence-electron chi connectivity index (χ2n) is 19.5. The molecule has 8 atom stereocenters. The first-order valence-electron chi connectivity index (χ1n) is 24.9. The molecular weight excluding hydrogens is 903 g/mol. The van der Waals surface area contributed by atoms with E-state index in [1.54, 1.807) is 30.3 Å². The Morgan fingerprint density at radius 2 is 1.50 bits per heavy atom. The van der Waals surface area contributed by atoms with Gasteiger partial charge in [0.05, 0.1) is 36.8 Å². The first kappa shape index (κ1) is 58.8. The molecule has 9 N–H and O–H groups in total. The molecule has 0 radical (unpaired) electrons. The molecule has 19 heteroatoms. The number of primary amides is 1. The van der Waals surface area contributed by atoms with Crippen molar-refractivity contribution in [2.75, 3.05) is 26.2 Å². The van der Waals surface area contributed by atoms with Crippen LogP contribution in [0.5, 0.6) is 0 Å². The van der Waals surface area contributed by atoms with E-state index >= 15 is 0 Å². The van der Waals surface area contributed by atoms with Gasteiger partial charge in [-0.25, -0.2) is 0 Å². The standard InChI is InChI=1S/C51H77N7O12/c1-31(2)23-36(51(70)56-32(3)43(62)17-20-49(68)58-22-10-14-42(58)46(65)26-35(33(4)59)13-8-9-21-52)25-38(60)30-55-50(69)37(24-34-11-6-5-7-12-34)27-45(64)40(15-18-47(53)66)57-48(67)19-16-44(63)41-28-39(61)29-54-41/h5-7,11-12,31-32,35-37,39-42,54,61H,8-10,13-30,52H2,1-4H3,(H2,53,66)(H,55,69)(H,56,70)(H,57,67)/t32-,35+,36+,37+,39+,40-,41-,42-/m0/s1. The van der Waals surface area contributed by atoms with Crippen LogP contribution in [0.25, 0.3) is 0 Å². The highest BCUT2D eigenvalue weighted by molar-refractivity contribution is 5.97. The average Bonchev–Trinajstić information content (AvgIpc) is 3.99. The minimum Gasteiger partial charge on any atom is -0.392 e. The van der Waals surface area contributed by atoms with E-state index in [1.807, 2.05) is 13.8 Å². The molecule has 0 saturated carbocycles. The molecule has 3 rings (SSSR count). The lowest BCUT2D eigenvalue weighted by atomic mass is 9.89. The largest absolute Gasteiger partial charge is 0.392 e. The molecule has 2 heterocycles. The fourth-order valence-electron chi connectivity index (χ4n) is 9.08. The number of hydrogen-bond acceptors (Lipinski definition) is 14. The first-order valence-corrected chi connectivity index (χ1v) is 24.9. The molecule has 0 spiro atoms. The van der Waals surface area contributed by atoms with Crippen LogP contribution in [0.1, 0.15) is 136 Å². The molecule has 70 heavy (non-hydrogen) atoms. The topological polar surface area (TPSA) is 311 Å². The van der Waals surface area contributed by atoms with Crippen LogP contribution in [0.3, 0.4) is 0 Å². The van der Waals surface area contributed by atoms with Crippen molar-refractivity contribution in [3.05, 3.63) is 35.9 Å². The Morgan fingerprint density at radius 1 is 0.786 bits per heavy atom. The molecule has 1 aromatic rings. The van der Waals surface area contributed by atoms with Crippen molar-refractivity contribution < 1.29 is 57.8 Å². The normalized spacial score (nSPS) is 18.8. The number of unbranched alkanes of at least 4 members (excludes halogenated alkanes) is 1. The highest BCUT2D eigenvalue weighted by atomic mass is 16.3. The number of ketones is 6. The average molecular weight is 980 g/mol. The van der Waals surface area contributed by atoms with Crippen LogP contribution in [0, 0.1) is 23.7 Å². The van der Waals surface area contributed by atoms with Crippen molar-refractivity contribution in [1.29, 1.82) is 0 Å². The van der Waals surface area contributed by atoms with E-state index in [4.69, 9.17) is 11.5 Å². The van der Waals surface area contributed by atoms with E-state index in [2.05, 4.69) is 21.3 Å². The Morgan fingerprint density at radius 3 is 2.13 bits per heavy atom. The van der Waals surface area contributed by atoms with Crippen LogP contribution in [-0.2, 0) is 59.2 Å². The number of amides is 5. The first-order chi connectivity index (χ1) is 33.2. The number of aliphatic hydroxyl groups is 1. The van der Waals surface area contributed by atoms with Crippen molar-refractivity contribution in [1.82, 2.24) is 26.2 Å². The van der Waals surface area contributed by atoms with Gasteiger partial charge in [-0.05, 0) is 83.2 Å². The fraction of sp³-hybridized carbons (Fsp3) is 0.667. The number of nitrogens with zero attached hydrogens (tertiary/aromatic N) is 1. The van der Waals surface area contributed by atoms with E-state index in [1.165, 1.54) is 18.7 Å². The maximum atomic E-state index is 13.8. The van der Waals surface area contributed by atoms with Crippen molar-refractivity contribution in [2.24, 2.45) is 35.1 Å². The number of Topliss-reactive ketones (excluding diaryl/α,β-unsaturated/α-hetero) is 6. The molecule has 19 nitrogen and oxygen atoms in total. The molecule has 1 aromatic carbocycles. The maximum absolute atomic E-state index is 13.8. The molecule has 0 aromatic heterocycles. The van der Waals surface area contributed by atoms with Crippen molar-refractivity contribution in [2.45, 2.75) is 167 Å². The predicted octanol–water partition coefficient (Wildman–Crippen LogP) is 1.50. The molecule has 2 aliphatic heterocycles. The van der Waals surface area contributed by atoms with Gasteiger partial charge >= 0.3 is 0 Å². The number of benzene rings is 1. The van der Waals surface area contributed by atoms with E-state index in [9.17, 15) is 57.8 Å². The third-order valence-corrected chi connectivity index (χ3v) is 13.1.